The van der Waals surface area contributed by atoms with Crippen molar-refractivity contribution in [2.24, 2.45) is 5.92 Å². The third-order valence-corrected chi connectivity index (χ3v) is 1.74. The van der Waals surface area contributed by atoms with Crippen molar-refractivity contribution in [3.05, 3.63) is 0 Å². The van der Waals surface area contributed by atoms with E-state index in [2.05, 4.69) is 6.07 Å². The summed E-state index contributed by atoms with van der Waals surface area (Å²) in [4.78, 5) is 0. The maximum atomic E-state index is 8.43. The van der Waals surface area contributed by atoms with Crippen molar-refractivity contribution in [3.63, 3.8) is 0 Å². The largest absolute Gasteiger partial charge is 0.375 e. The summed E-state index contributed by atoms with van der Waals surface area (Å²) in [5, 5.41) is 8.43. The monoisotopic (exact) mass is 139 g/mol. The predicted molar refractivity (Wildman–Crippen MR) is 38.3 cm³/mol. The van der Waals surface area contributed by atoms with Crippen molar-refractivity contribution < 1.29 is 4.74 Å². The zero-order chi connectivity index (χ0) is 7.56. The number of rotatable bonds is 2. The fourth-order valence-corrected chi connectivity index (χ4v) is 1.17. The Kier molecular flexibility index (Phi) is 2.29. The van der Waals surface area contributed by atoms with Gasteiger partial charge in [0.2, 0.25) is 0 Å². The second-order valence-corrected chi connectivity index (χ2v) is 3.10. The van der Waals surface area contributed by atoms with Crippen LogP contribution < -0.4 is 0 Å². The van der Waals surface area contributed by atoms with Gasteiger partial charge in [-0.1, -0.05) is 0 Å². The van der Waals surface area contributed by atoms with E-state index in [4.69, 9.17) is 10.00 Å². The minimum Gasteiger partial charge on any atom is -0.375 e. The van der Waals surface area contributed by atoms with Crippen LogP contribution in [0.1, 0.15) is 26.7 Å². The van der Waals surface area contributed by atoms with E-state index in [1.807, 2.05) is 13.8 Å². The lowest BCUT2D eigenvalue weighted by Gasteiger charge is -2.31. The van der Waals surface area contributed by atoms with Crippen molar-refractivity contribution in [2.75, 3.05) is 0 Å². The zero-order valence-corrected chi connectivity index (χ0v) is 6.50. The van der Waals surface area contributed by atoms with Gasteiger partial charge in [0.1, 0.15) is 0 Å². The minimum atomic E-state index is 0.267. The molecule has 1 fully saturated rings. The second kappa shape index (κ2) is 3.03. The number of ether oxygens (including phenoxy) is 1. The maximum Gasteiger partial charge on any atom is 0.0657 e. The van der Waals surface area contributed by atoms with E-state index in [1.165, 1.54) is 0 Å². The Hall–Kier alpha value is -0.550. The fourth-order valence-electron chi connectivity index (χ4n) is 1.17. The molecule has 0 N–H and O–H groups in total. The van der Waals surface area contributed by atoms with Gasteiger partial charge in [0.15, 0.2) is 0 Å². The van der Waals surface area contributed by atoms with E-state index < -0.39 is 0 Å². The number of nitrogens with zero attached hydrogens (tertiary/aromatic N) is 1. The molecule has 0 bridgehead atoms. The van der Waals surface area contributed by atoms with Crippen molar-refractivity contribution >= 4 is 0 Å². The molecule has 0 radical (unpaired) electrons. The molecule has 0 unspecified atom stereocenters. The van der Waals surface area contributed by atoms with E-state index in [1.54, 1.807) is 0 Å². The maximum absolute atomic E-state index is 8.43. The molecule has 1 saturated carbocycles. The Balaban J connectivity index is 2.10. The van der Waals surface area contributed by atoms with Crippen LogP contribution in [0.15, 0.2) is 0 Å². The summed E-state index contributed by atoms with van der Waals surface area (Å²) in [7, 11) is 0. The highest BCUT2D eigenvalue weighted by molar-refractivity contribution is 4.94. The summed E-state index contributed by atoms with van der Waals surface area (Å²) in [5.74, 6) is 0.267. The van der Waals surface area contributed by atoms with Gasteiger partial charge in [-0.25, -0.2) is 0 Å². The molecular weight excluding hydrogens is 126 g/mol. The van der Waals surface area contributed by atoms with E-state index in [0.717, 1.165) is 12.8 Å². The van der Waals surface area contributed by atoms with Gasteiger partial charge >= 0.3 is 0 Å². The highest BCUT2D eigenvalue weighted by Crippen LogP contribution is 2.29. The fraction of sp³-hybridized carbons (Fsp3) is 0.875. The first-order chi connectivity index (χ1) is 4.72. The van der Waals surface area contributed by atoms with E-state index >= 15 is 0 Å². The molecule has 1 aliphatic carbocycles. The van der Waals surface area contributed by atoms with Crippen LogP contribution in [0.5, 0.6) is 0 Å². The molecule has 10 heavy (non-hydrogen) atoms. The van der Waals surface area contributed by atoms with Crippen LogP contribution in [0.4, 0.5) is 0 Å². The lowest BCUT2D eigenvalue weighted by molar-refractivity contribution is -0.0501. The van der Waals surface area contributed by atoms with E-state index in [0.29, 0.717) is 12.2 Å². The first-order valence-corrected chi connectivity index (χ1v) is 3.77. The van der Waals surface area contributed by atoms with Crippen molar-refractivity contribution in [2.45, 2.75) is 38.9 Å². The van der Waals surface area contributed by atoms with Crippen molar-refractivity contribution in [1.82, 2.24) is 0 Å². The number of nitriles is 1. The first-order valence-electron chi connectivity index (χ1n) is 3.77. The first kappa shape index (κ1) is 7.56. The molecular formula is C8H13NO. The molecule has 0 aromatic carbocycles. The molecule has 56 valence electrons. The summed E-state index contributed by atoms with van der Waals surface area (Å²) >= 11 is 0. The third-order valence-electron chi connectivity index (χ3n) is 1.74. The summed E-state index contributed by atoms with van der Waals surface area (Å²) in [6, 6.07) is 2.22. The van der Waals surface area contributed by atoms with Gasteiger partial charge in [0.05, 0.1) is 24.2 Å². The summed E-state index contributed by atoms with van der Waals surface area (Å²) in [6.45, 7) is 4.05. The Labute approximate surface area is 61.8 Å². The Morgan fingerprint density at radius 2 is 2.10 bits per heavy atom. The second-order valence-electron chi connectivity index (χ2n) is 3.10. The zero-order valence-electron chi connectivity index (χ0n) is 6.50. The molecule has 0 spiro atoms. The van der Waals surface area contributed by atoms with E-state index in [-0.39, 0.29) is 5.92 Å². The standard InChI is InChI=1S/C8H13NO/c1-6(2)10-8-3-7(4-8)5-9/h6-8H,3-4H2,1-2H3. The Morgan fingerprint density at radius 3 is 2.50 bits per heavy atom. The Bertz CT molecular complexity index is 142. The van der Waals surface area contributed by atoms with Gasteiger partial charge in [-0.3, -0.25) is 0 Å². The topological polar surface area (TPSA) is 33.0 Å². The lowest BCUT2D eigenvalue weighted by atomic mass is 9.83. The van der Waals surface area contributed by atoms with Crippen LogP contribution >= 0.6 is 0 Å². The lowest BCUT2D eigenvalue weighted by Crippen LogP contribution is -2.32. The third kappa shape index (κ3) is 1.71. The predicted octanol–water partition coefficient (Wildman–Crippen LogP) is 1.71. The number of hydrogen-bond donors (Lipinski definition) is 0. The van der Waals surface area contributed by atoms with Crippen molar-refractivity contribution in [3.8, 4) is 6.07 Å². The molecule has 0 aromatic heterocycles. The van der Waals surface area contributed by atoms with Gasteiger partial charge in [-0.05, 0) is 26.7 Å². The summed E-state index contributed by atoms with van der Waals surface area (Å²) in [6.07, 6.45) is 2.55. The Morgan fingerprint density at radius 1 is 1.50 bits per heavy atom. The summed E-state index contributed by atoms with van der Waals surface area (Å²) < 4.78 is 5.47. The SMILES string of the molecule is CC(C)OC1CC(C#N)C1. The highest BCUT2D eigenvalue weighted by Gasteiger charge is 2.29. The molecule has 1 rings (SSSR count). The molecule has 0 aliphatic heterocycles. The van der Waals surface area contributed by atoms with Crippen LogP contribution in [-0.4, -0.2) is 12.2 Å². The molecule has 0 heterocycles. The van der Waals surface area contributed by atoms with Crippen LogP contribution in [0.2, 0.25) is 0 Å². The molecule has 0 aromatic rings. The quantitative estimate of drug-likeness (QED) is 0.583. The molecule has 2 heteroatoms. The van der Waals surface area contributed by atoms with Crippen LogP contribution in [0.3, 0.4) is 0 Å². The number of hydrogen-bond acceptors (Lipinski definition) is 2. The van der Waals surface area contributed by atoms with Crippen LogP contribution in [-0.2, 0) is 4.74 Å². The minimum absolute atomic E-state index is 0.267. The van der Waals surface area contributed by atoms with Gasteiger partial charge in [-0.15, -0.1) is 0 Å². The molecule has 0 atom stereocenters. The average Bonchev–Trinajstić information content (AvgIpc) is 1.76. The van der Waals surface area contributed by atoms with Crippen molar-refractivity contribution in [1.29, 1.82) is 5.26 Å². The highest BCUT2D eigenvalue weighted by atomic mass is 16.5. The van der Waals surface area contributed by atoms with Gasteiger partial charge in [0.25, 0.3) is 0 Å². The van der Waals surface area contributed by atoms with Crippen LogP contribution in [0.25, 0.3) is 0 Å². The van der Waals surface area contributed by atoms with Gasteiger partial charge in [0, 0.05) is 0 Å². The molecule has 0 amide bonds. The van der Waals surface area contributed by atoms with Crippen LogP contribution in [0, 0.1) is 17.2 Å². The molecule has 1 aliphatic rings. The molecule has 0 saturated heterocycles. The van der Waals surface area contributed by atoms with Gasteiger partial charge in [-0.2, -0.15) is 5.26 Å². The van der Waals surface area contributed by atoms with Gasteiger partial charge < -0.3 is 4.74 Å². The average molecular weight is 139 g/mol. The smallest absolute Gasteiger partial charge is 0.0657 e. The summed E-state index contributed by atoms with van der Waals surface area (Å²) in [5.41, 5.74) is 0. The normalized spacial score (nSPS) is 31.4. The van der Waals surface area contributed by atoms with E-state index in [9.17, 15) is 0 Å². The molecule has 2 nitrogen and oxygen atoms in total.